The Labute approximate surface area is 266 Å². The Kier molecular flexibility index (Phi) is 5.43. The molecule has 0 fully saturated rings. The first kappa shape index (κ1) is 25.3. The van der Waals surface area contributed by atoms with Crippen molar-refractivity contribution in [3.8, 4) is 0 Å². The van der Waals surface area contributed by atoms with Gasteiger partial charge < -0.3 is 0 Å². The number of rotatable bonds is 1. The maximum absolute atomic E-state index is 7.20. The number of hydrogen-bond donors (Lipinski definition) is 0. The van der Waals surface area contributed by atoms with Crippen molar-refractivity contribution in [2.45, 2.75) is 31.6 Å². The molecule has 0 aliphatic heterocycles. The van der Waals surface area contributed by atoms with E-state index >= 15 is 0 Å². The Morgan fingerprint density at radius 3 is 2.36 bits per heavy atom. The van der Waals surface area contributed by atoms with Crippen LogP contribution in [0.5, 0.6) is 0 Å². The van der Waals surface area contributed by atoms with Crippen molar-refractivity contribution in [3.63, 3.8) is 0 Å². The zero-order chi connectivity index (χ0) is 28.9. The van der Waals surface area contributed by atoms with Gasteiger partial charge in [-0.3, -0.25) is 0 Å². The molecule has 8 aromatic rings. The summed E-state index contributed by atoms with van der Waals surface area (Å²) in [5, 5.41) is 9.58. The molecule has 0 N–H and O–H groups in total. The van der Waals surface area contributed by atoms with Gasteiger partial charge in [-0.15, -0.1) is 22.7 Å². The van der Waals surface area contributed by atoms with Crippen LogP contribution >= 0.6 is 34.3 Å². The number of allylic oxidation sites excluding steroid dienone is 4. The van der Waals surface area contributed by atoms with Crippen molar-refractivity contribution >= 4 is 102 Å². The second-order valence-electron chi connectivity index (χ2n) is 12.0. The van der Waals surface area contributed by atoms with E-state index in [1.807, 2.05) is 11.3 Å². The number of thiophene rings is 2. The fraction of sp³-hybridized carbons (Fsp3) is 0.128. The van der Waals surface area contributed by atoms with Crippen molar-refractivity contribution in [1.82, 2.24) is 9.97 Å². The SMILES string of the molecule is Clc1nc2c(nc1C1CCC3=CCCC=C3c3c1c1sc4c5ccccc5ccc4c1c1ccccc31)sc1ccccc12. The topological polar surface area (TPSA) is 25.8 Å². The fourth-order valence-electron chi connectivity index (χ4n) is 7.76. The van der Waals surface area contributed by atoms with Crippen LogP contribution in [0.4, 0.5) is 0 Å². The first-order valence-electron chi connectivity index (χ1n) is 15.3. The maximum atomic E-state index is 7.20. The highest BCUT2D eigenvalue weighted by atomic mass is 35.5. The van der Waals surface area contributed by atoms with E-state index in [0.717, 1.165) is 47.1 Å². The van der Waals surface area contributed by atoms with Gasteiger partial charge in [-0.2, -0.15) is 0 Å². The van der Waals surface area contributed by atoms with Crippen molar-refractivity contribution in [3.05, 3.63) is 125 Å². The third-order valence-corrected chi connectivity index (χ3v) is 12.3. The summed E-state index contributed by atoms with van der Waals surface area (Å²) < 4.78 is 3.91. The molecule has 0 spiro atoms. The molecule has 3 aromatic heterocycles. The van der Waals surface area contributed by atoms with Gasteiger partial charge in [-0.25, -0.2) is 9.97 Å². The lowest BCUT2D eigenvalue weighted by atomic mass is 9.83. The van der Waals surface area contributed by atoms with E-state index in [9.17, 15) is 0 Å². The average Bonchev–Trinajstić information content (AvgIpc) is 3.58. The van der Waals surface area contributed by atoms with E-state index < -0.39 is 0 Å². The predicted molar refractivity (Wildman–Crippen MR) is 191 cm³/mol. The van der Waals surface area contributed by atoms with E-state index in [-0.39, 0.29) is 5.92 Å². The summed E-state index contributed by atoms with van der Waals surface area (Å²) in [5.41, 5.74) is 7.42. The zero-order valence-corrected chi connectivity index (χ0v) is 26.1. The molecule has 5 heteroatoms. The fourth-order valence-corrected chi connectivity index (χ4v) is 10.5. The molecule has 0 bridgehead atoms. The van der Waals surface area contributed by atoms with Crippen molar-refractivity contribution in [2.24, 2.45) is 0 Å². The highest BCUT2D eigenvalue weighted by Gasteiger charge is 2.34. The molecule has 0 saturated carbocycles. The van der Waals surface area contributed by atoms with Gasteiger partial charge in [0.25, 0.3) is 0 Å². The van der Waals surface area contributed by atoms with Gasteiger partial charge in [0.05, 0.1) is 5.69 Å². The van der Waals surface area contributed by atoms with E-state index in [0.29, 0.717) is 5.15 Å². The van der Waals surface area contributed by atoms with Crippen LogP contribution < -0.4 is 0 Å². The summed E-state index contributed by atoms with van der Waals surface area (Å²) in [5.74, 6) is 0.0263. The number of nitrogens with zero attached hydrogens (tertiary/aromatic N) is 2. The van der Waals surface area contributed by atoms with Crippen LogP contribution in [0.25, 0.3) is 67.7 Å². The highest BCUT2D eigenvalue weighted by molar-refractivity contribution is 7.27. The Morgan fingerprint density at radius 1 is 0.682 bits per heavy atom. The molecule has 3 heterocycles. The van der Waals surface area contributed by atoms with E-state index in [2.05, 4.69) is 97.1 Å². The molecule has 0 saturated heterocycles. The van der Waals surface area contributed by atoms with Crippen molar-refractivity contribution in [1.29, 1.82) is 0 Å². The van der Waals surface area contributed by atoms with Gasteiger partial charge in [0.1, 0.15) is 10.3 Å². The number of aromatic nitrogens is 2. The van der Waals surface area contributed by atoms with Gasteiger partial charge in [0, 0.05) is 36.2 Å². The second-order valence-corrected chi connectivity index (χ2v) is 14.4. The third kappa shape index (κ3) is 3.48. The standard InChI is InChI=1S/C39H25ClN2S2/c40-38-34(42-39-35(41-38)27-15-7-8-16-30(27)43-39)28-19-17-21-9-1-3-11-23(21)31-25-13-5-6-14-26(25)32-29-20-18-22-10-2-4-12-24(22)36(29)44-37(32)33(28)31/h2,4-16,18,20,28H,1,3,17,19H2. The van der Waals surface area contributed by atoms with Crippen LogP contribution in [0.2, 0.25) is 5.15 Å². The van der Waals surface area contributed by atoms with Crippen molar-refractivity contribution in [2.75, 3.05) is 0 Å². The highest BCUT2D eigenvalue weighted by Crippen LogP contribution is 2.54. The summed E-state index contributed by atoms with van der Waals surface area (Å²) in [7, 11) is 0. The summed E-state index contributed by atoms with van der Waals surface area (Å²) in [6, 6.07) is 30.9. The minimum Gasteiger partial charge on any atom is -0.236 e. The summed E-state index contributed by atoms with van der Waals surface area (Å²) in [4.78, 5) is 11.4. The lowest BCUT2D eigenvalue weighted by Gasteiger charge is -2.22. The molecule has 2 aliphatic rings. The van der Waals surface area contributed by atoms with Crippen LogP contribution in [0.15, 0.2) is 103 Å². The molecule has 210 valence electrons. The average molecular weight is 621 g/mol. The van der Waals surface area contributed by atoms with E-state index in [1.165, 1.54) is 68.7 Å². The molecule has 0 radical (unpaired) electrons. The largest absolute Gasteiger partial charge is 0.236 e. The Hall–Kier alpha value is -4.09. The number of benzene rings is 5. The molecule has 2 nitrogen and oxygen atoms in total. The predicted octanol–water partition coefficient (Wildman–Crippen LogP) is 12.2. The first-order valence-corrected chi connectivity index (χ1v) is 17.3. The zero-order valence-electron chi connectivity index (χ0n) is 23.7. The van der Waals surface area contributed by atoms with E-state index in [1.54, 1.807) is 11.3 Å². The molecule has 44 heavy (non-hydrogen) atoms. The molecule has 2 aliphatic carbocycles. The van der Waals surface area contributed by atoms with Crippen LogP contribution in [-0.2, 0) is 0 Å². The molecule has 0 amide bonds. The van der Waals surface area contributed by atoms with Crippen LogP contribution in [0.3, 0.4) is 0 Å². The van der Waals surface area contributed by atoms with Gasteiger partial charge in [0.15, 0.2) is 5.15 Å². The maximum Gasteiger partial charge on any atom is 0.151 e. The summed E-state index contributed by atoms with van der Waals surface area (Å²) in [6.45, 7) is 0. The third-order valence-electron chi connectivity index (χ3n) is 9.66. The minimum absolute atomic E-state index is 0.0263. The van der Waals surface area contributed by atoms with Crippen LogP contribution in [0, 0.1) is 0 Å². The lowest BCUT2D eigenvalue weighted by Crippen LogP contribution is -2.07. The van der Waals surface area contributed by atoms with Gasteiger partial charge >= 0.3 is 0 Å². The van der Waals surface area contributed by atoms with Crippen molar-refractivity contribution < 1.29 is 0 Å². The molecule has 10 rings (SSSR count). The molecule has 1 unspecified atom stereocenters. The summed E-state index contributed by atoms with van der Waals surface area (Å²) in [6.07, 6.45) is 9.07. The Morgan fingerprint density at radius 2 is 1.45 bits per heavy atom. The van der Waals surface area contributed by atoms with E-state index in [4.69, 9.17) is 21.6 Å². The van der Waals surface area contributed by atoms with Crippen LogP contribution in [-0.4, -0.2) is 9.97 Å². The lowest BCUT2D eigenvalue weighted by molar-refractivity contribution is 0.710. The molecular weight excluding hydrogens is 596 g/mol. The summed E-state index contributed by atoms with van der Waals surface area (Å²) >= 11 is 10.9. The Balaban J connectivity index is 1.38. The molecular formula is C39H25ClN2S2. The molecule has 5 aromatic carbocycles. The Bertz CT molecular complexity index is 2590. The second kappa shape index (κ2) is 9.45. The van der Waals surface area contributed by atoms with Gasteiger partial charge in [0.2, 0.25) is 0 Å². The number of hydrogen-bond acceptors (Lipinski definition) is 4. The smallest absolute Gasteiger partial charge is 0.151 e. The van der Waals surface area contributed by atoms with Crippen LogP contribution in [0.1, 0.15) is 48.4 Å². The minimum atomic E-state index is 0.0263. The van der Waals surface area contributed by atoms with Gasteiger partial charge in [-0.05, 0) is 75.6 Å². The number of halogens is 1. The molecule has 1 atom stereocenters. The van der Waals surface area contributed by atoms with Gasteiger partial charge in [-0.1, -0.05) is 103 Å². The quantitative estimate of drug-likeness (QED) is 0.182. The normalized spacial score (nSPS) is 16.9. The number of fused-ring (bicyclic) bond motifs is 15. The monoisotopic (exact) mass is 620 g/mol. The first-order chi connectivity index (χ1) is 21.7.